The normalized spacial score (nSPS) is 11.6. The zero-order valence-corrected chi connectivity index (χ0v) is 12.4. The summed E-state index contributed by atoms with van der Waals surface area (Å²) in [6.07, 6.45) is -0.585. The largest absolute Gasteiger partial charge is 0.444 e. The molecule has 0 bridgehead atoms. The van der Waals surface area contributed by atoms with Gasteiger partial charge in [-0.3, -0.25) is 5.32 Å². The lowest BCUT2D eigenvalue weighted by atomic mass is 10.2. The molecule has 19 heavy (non-hydrogen) atoms. The molecular formula is C12H13FN2O2S2. The van der Waals surface area contributed by atoms with Crippen molar-refractivity contribution in [1.82, 2.24) is 4.98 Å². The van der Waals surface area contributed by atoms with E-state index in [9.17, 15) is 9.18 Å². The first-order valence-corrected chi connectivity index (χ1v) is 6.80. The summed E-state index contributed by atoms with van der Waals surface area (Å²) in [6, 6.07) is 2.86. The molecule has 0 unspecified atom stereocenters. The molecule has 2 aromatic rings. The number of benzene rings is 1. The minimum atomic E-state index is -0.585. The second kappa shape index (κ2) is 4.97. The Labute approximate surface area is 119 Å². The zero-order chi connectivity index (χ0) is 14.2. The van der Waals surface area contributed by atoms with Gasteiger partial charge in [0.1, 0.15) is 11.4 Å². The highest BCUT2D eigenvalue weighted by atomic mass is 32.1. The third-order valence-electron chi connectivity index (χ3n) is 2.06. The second-order valence-electron chi connectivity index (χ2n) is 4.92. The molecule has 0 aliphatic carbocycles. The highest BCUT2D eigenvalue weighted by molar-refractivity contribution is 7.80. The van der Waals surface area contributed by atoms with Gasteiger partial charge in [0.05, 0.1) is 10.2 Å². The van der Waals surface area contributed by atoms with Crippen LogP contribution in [0.4, 0.5) is 14.3 Å². The standard InChI is InChI=1S/C12H13FN2O2S2/c1-12(2,3)17-11(16)15-10-14-7-4-6(13)8(18)5-9(7)19-10/h4-5,18H,1-3H3,(H,14,15,16). The topological polar surface area (TPSA) is 51.2 Å². The molecule has 0 fully saturated rings. The van der Waals surface area contributed by atoms with Gasteiger partial charge in [0.2, 0.25) is 0 Å². The number of amides is 1. The van der Waals surface area contributed by atoms with Crippen LogP contribution in [0.15, 0.2) is 17.0 Å². The van der Waals surface area contributed by atoms with E-state index in [4.69, 9.17) is 4.74 Å². The Kier molecular flexibility index (Phi) is 3.69. The Morgan fingerprint density at radius 3 is 2.79 bits per heavy atom. The summed E-state index contributed by atoms with van der Waals surface area (Å²) in [5.41, 5.74) is -0.100. The zero-order valence-electron chi connectivity index (χ0n) is 10.7. The number of rotatable bonds is 1. The number of hydrogen-bond acceptors (Lipinski definition) is 5. The van der Waals surface area contributed by atoms with Gasteiger partial charge in [-0.05, 0) is 26.8 Å². The molecule has 1 aromatic heterocycles. The van der Waals surface area contributed by atoms with Crippen LogP contribution in [-0.2, 0) is 4.74 Å². The smallest absolute Gasteiger partial charge is 0.413 e. The van der Waals surface area contributed by atoms with Crippen molar-refractivity contribution < 1.29 is 13.9 Å². The van der Waals surface area contributed by atoms with E-state index in [2.05, 4.69) is 22.9 Å². The van der Waals surface area contributed by atoms with Gasteiger partial charge in [-0.15, -0.1) is 12.6 Å². The van der Waals surface area contributed by atoms with Gasteiger partial charge < -0.3 is 4.74 Å². The number of nitrogens with one attached hydrogen (secondary N) is 1. The maximum absolute atomic E-state index is 13.3. The molecule has 0 saturated heterocycles. The van der Waals surface area contributed by atoms with Crippen LogP contribution in [0.1, 0.15) is 20.8 Å². The van der Waals surface area contributed by atoms with Gasteiger partial charge >= 0.3 is 6.09 Å². The molecule has 0 radical (unpaired) electrons. The summed E-state index contributed by atoms with van der Waals surface area (Å²) < 4.78 is 19.2. The molecule has 1 N–H and O–H groups in total. The van der Waals surface area contributed by atoms with Gasteiger partial charge in [-0.25, -0.2) is 14.2 Å². The Morgan fingerprint density at radius 1 is 1.47 bits per heavy atom. The molecule has 0 aliphatic rings. The summed E-state index contributed by atoms with van der Waals surface area (Å²) in [7, 11) is 0. The SMILES string of the molecule is CC(C)(C)OC(=O)Nc1nc2cc(F)c(S)cc2s1. The van der Waals surface area contributed by atoms with Gasteiger partial charge in [-0.1, -0.05) is 11.3 Å². The van der Waals surface area contributed by atoms with E-state index in [-0.39, 0.29) is 4.90 Å². The maximum Gasteiger partial charge on any atom is 0.413 e. The number of thiazole rings is 1. The van der Waals surface area contributed by atoms with Crippen LogP contribution in [0, 0.1) is 5.82 Å². The number of ether oxygens (including phenoxy) is 1. The number of fused-ring (bicyclic) bond motifs is 1. The van der Waals surface area contributed by atoms with Crippen molar-refractivity contribution in [1.29, 1.82) is 0 Å². The Hall–Kier alpha value is -1.34. The third-order valence-corrected chi connectivity index (χ3v) is 3.34. The highest BCUT2D eigenvalue weighted by Crippen LogP contribution is 2.29. The van der Waals surface area contributed by atoms with Crippen molar-refractivity contribution >= 4 is 45.4 Å². The van der Waals surface area contributed by atoms with E-state index < -0.39 is 17.5 Å². The lowest BCUT2D eigenvalue weighted by Crippen LogP contribution is -2.27. The molecule has 0 atom stereocenters. The molecule has 7 heteroatoms. The number of carbonyl (C=O) groups excluding carboxylic acids is 1. The maximum atomic E-state index is 13.3. The molecule has 2 rings (SSSR count). The third kappa shape index (κ3) is 3.57. The summed E-state index contributed by atoms with van der Waals surface area (Å²) >= 11 is 5.24. The van der Waals surface area contributed by atoms with Crippen molar-refractivity contribution in [3.8, 4) is 0 Å². The van der Waals surface area contributed by atoms with E-state index in [0.717, 1.165) is 4.70 Å². The van der Waals surface area contributed by atoms with Crippen LogP contribution >= 0.6 is 24.0 Å². The van der Waals surface area contributed by atoms with Gasteiger partial charge in [0.25, 0.3) is 0 Å². The van der Waals surface area contributed by atoms with Gasteiger partial charge in [0.15, 0.2) is 5.13 Å². The Morgan fingerprint density at radius 2 is 2.16 bits per heavy atom. The number of anilines is 1. The number of aromatic nitrogens is 1. The van der Waals surface area contributed by atoms with E-state index in [0.29, 0.717) is 10.6 Å². The van der Waals surface area contributed by atoms with Crippen molar-refractivity contribution in [3.63, 3.8) is 0 Å². The predicted molar refractivity (Wildman–Crippen MR) is 76.7 cm³/mol. The molecule has 1 aromatic carbocycles. The summed E-state index contributed by atoms with van der Waals surface area (Å²) in [5.74, 6) is -0.440. The first-order valence-electron chi connectivity index (χ1n) is 5.54. The van der Waals surface area contributed by atoms with Crippen LogP contribution in [0.3, 0.4) is 0 Å². The van der Waals surface area contributed by atoms with Gasteiger partial charge in [0, 0.05) is 11.0 Å². The minimum absolute atomic E-state index is 0.250. The molecule has 1 amide bonds. The highest BCUT2D eigenvalue weighted by Gasteiger charge is 2.17. The van der Waals surface area contributed by atoms with E-state index >= 15 is 0 Å². The van der Waals surface area contributed by atoms with Crippen molar-refractivity contribution in [3.05, 3.63) is 17.9 Å². The van der Waals surface area contributed by atoms with Crippen molar-refractivity contribution in [2.45, 2.75) is 31.3 Å². The molecular weight excluding hydrogens is 287 g/mol. The van der Waals surface area contributed by atoms with Crippen LogP contribution < -0.4 is 5.32 Å². The van der Waals surface area contributed by atoms with Crippen LogP contribution in [0.25, 0.3) is 10.2 Å². The van der Waals surface area contributed by atoms with Crippen molar-refractivity contribution in [2.75, 3.05) is 5.32 Å². The fraction of sp³-hybridized carbons (Fsp3) is 0.333. The lowest BCUT2D eigenvalue weighted by Gasteiger charge is -2.18. The monoisotopic (exact) mass is 300 g/mol. The number of thiol groups is 1. The number of hydrogen-bond donors (Lipinski definition) is 2. The average Bonchev–Trinajstić information content (AvgIpc) is 2.56. The van der Waals surface area contributed by atoms with Gasteiger partial charge in [-0.2, -0.15) is 0 Å². The molecule has 0 spiro atoms. The van der Waals surface area contributed by atoms with E-state index in [1.165, 1.54) is 17.4 Å². The number of nitrogens with zero attached hydrogens (tertiary/aromatic N) is 1. The van der Waals surface area contributed by atoms with Crippen LogP contribution in [-0.4, -0.2) is 16.7 Å². The van der Waals surface area contributed by atoms with Crippen molar-refractivity contribution in [2.24, 2.45) is 0 Å². The number of halogens is 1. The van der Waals surface area contributed by atoms with E-state index in [1.807, 2.05) is 0 Å². The lowest BCUT2D eigenvalue weighted by molar-refractivity contribution is 0.0636. The summed E-state index contributed by atoms with van der Waals surface area (Å²) in [5, 5.41) is 2.89. The number of carbonyl (C=O) groups is 1. The summed E-state index contributed by atoms with van der Waals surface area (Å²) in [6.45, 7) is 5.31. The second-order valence-corrected chi connectivity index (χ2v) is 6.43. The molecule has 102 valence electrons. The Balaban J connectivity index is 2.20. The predicted octanol–water partition coefficient (Wildman–Crippen LogP) is 4.07. The summed E-state index contributed by atoms with van der Waals surface area (Å²) in [4.78, 5) is 16.0. The fourth-order valence-corrected chi connectivity index (χ4v) is 2.54. The minimum Gasteiger partial charge on any atom is -0.444 e. The average molecular weight is 300 g/mol. The quantitative estimate of drug-likeness (QED) is 0.781. The van der Waals surface area contributed by atoms with Crippen LogP contribution in [0.2, 0.25) is 0 Å². The first kappa shape index (κ1) is 14.1. The first-order chi connectivity index (χ1) is 8.74. The molecule has 0 aliphatic heterocycles. The fourth-order valence-electron chi connectivity index (χ4n) is 1.38. The molecule has 1 heterocycles. The Bertz CT molecular complexity index is 595. The molecule has 4 nitrogen and oxygen atoms in total. The van der Waals surface area contributed by atoms with E-state index in [1.54, 1.807) is 26.8 Å². The molecule has 0 saturated carbocycles. The van der Waals surface area contributed by atoms with Crippen LogP contribution in [0.5, 0.6) is 0 Å².